The van der Waals surface area contributed by atoms with Crippen molar-refractivity contribution in [2.24, 2.45) is 11.8 Å². The van der Waals surface area contributed by atoms with Crippen molar-refractivity contribution in [2.45, 2.75) is 50.5 Å². The van der Waals surface area contributed by atoms with E-state index in [0.29, 0.717) is 19.4 Å². The van der Waals surface area contributed by atoms with Crippen LogP contribution < -0.4 is 0 Å². The third-order valence-corrected chi connectivity index (χ3v) is 7.46. The quantitative estimate of drug-likeness (QED) is 0.731. The smallest absolute Gasteiger partial charge is 0.410 e. The molecule has 2 aliphatic carbocycles. The number of hydrogen-bond acceptors (Lipinski definition) is 3. The summed E-state index contributed by atoms with van der Waals surface area (Å²) in [6, 6.07) is 16.3. The van der Waals surface area contributed by atoms with Gasteiger partial charge in [0.05, 0.1) is 12.0 Å². The van der Waals surface area contributed by atoms with Crippen LogP contribution in [0.5, 0.6) is 0 Å². The topological polar surface area (TPSA) is 66.8 Å². The maximum absolute atomic E-state index is 13.2. The zero-order chi connectivity index (χ0) is 21.4. The molecular formula is C26H29NO4. The van der Waals surface area contributed by atoms with E-state index in [4.69, 9.17) is 4.74 Å². The zero-order valence-electron chi connectivity index (χ0n) is 17.7. The molecule has 1 saturated carbocycles. The van der Waals surface area contributed by atoms with Gasteiger partial charge in [-0.1, -0.05) is 61.4 Å². The van der Waals surface area contributed by atoms with E-state index in [2.05, 4.69) is 24.3 Å². The van der Waals surface area contributed by atoms with Crippen LogP contribution >= 0.6 is 0 Å². The van der Waals surface area contributed by atoms with Crippen molar-refractivity contribution < 1.29 is 19.4 Å². The molecule has 2 unspecified atom stereocenters. The zero-order valence-corrected chi connectivity index (χ0v) is 17.7. The van der Waals surface area contributed by atoms with Crippen LogP contribution in [0.3, 0.4) is 0 Å². The molecule has 1 saturated heterocycles. The molecule has 0 radical (unpaired) electrons. The summed E-state index contributed by atoms with van der Waals surface area (Å²) in [5.74, 6) is -0.992. The Morgan fingerprint density at radius 2 is 1.52 bits per heavy atom. The van der Waals surface area contributed by atoms with Crippen LogP contribution in [0, 0.1) is 11.8 Å². The van der Waals surface area contributed by atoms with Gasteiger partial charge in [-0.25, -0.2) is 4.79 Å². The molecule has 0 spiro atoms. The fourth-order valence-corrected chi connectivity index (χ4v) is 6.06. The number of ether oxygens (including phenoxy) is 1. The third-order valence-electron chi connectivity index (χ3n) is 7.46. The van der Waals surface area contributed by atoms with Crippen molar-refractivity contribution in [1.82, 2.24) is 4.90 Å². The molecule has 162 valence electrons. The minimum Gasteiger partial charge on any atom is -0.481 e. The van der Waals surface area contributed by atoms with Crippen LogP contribution in [0.4, 0.5) is 4.79 Å². The van der Waals surface area contributed by atoms with E-state index in [9.17, 15) is 14.7 Å². The molecule has 5 nitrogen and oxygen atoms in total. The van der Waals surface area contributed by atoms with Crippen LogP contribution in [0.1, 0.15) is 55.6 Å². The molecule has 5 heteroatoms. The molecule has 0 aromatic heterocycles. The second-order valence-corrected chi connectivity index (χ2v) is 9.12. The van der Waals surface area contributed by atoms with Crippen LogP contribution in [-0.4, -0.2) is 41.3 Å². The monoisotopic (exact) mass is 419 g/mol. The van der Waals surface area contributed by atoms with Gasteiger partial charge < -0.3 is 14.7 Å². The number of fused-ring (bicyclic) bond motifs is 3. The average Bonchev–Trinajstić information content (AvgIpc) is 3.44. The Morgan fingerprint density at radius 3 is 2.13 bits per heavy atom. The first-order valence-electron chi connectivity index (χ1n) is 11.5. The fraction of sp³-hybridized carbons (Fsp3) is 0.462. The highest BCUT2D eigenvalue weighted by Gasteiger charge is 2.44. The van der Waals surface area contributed by atoms with Gasteiger partial charge in [-0.05, 0) is 53.9 Å². The SMILES string of the molecule is O=C(O)C1CCCN(C(=O)OCC2c3ccccc3-c3ccccc32)C1C1CCCC1. The second kappa shape index (κ2) is 8.37. The Bertz CT molecular complexity index is 935. The van der Waals surface area contributed by atoms with Gasteiger partial charge in [0.1, 0.15) is 6.61 Å². The first-order valence-corrected chi connectivity index (χ1v) is 11.5. The van der Waals surface area contributed by atoms with Gasteiger partial charge in [-0.2, -0.15) is 0 Å². The van der Waals surface area contributed by atoms with E-state index in [1.54, 1.807) is 4.90 Å². The third kappa shape index (κ3) is 3.60. The Balaban J connectivity index is 1.35. The standard InChI is InChI=1S/C26H29NO4/c28-25(29)22-14-7-15-27(24(22)17-8-1-2-9-17)26(30)31-16-23-20-12-5-3-10-18(20)19-11-4-6-13-21(19)23/h3-6,10-13,17,22-24H,1-2,7-9,14-16H2,(H,28,29). The molecule has 2 aromatic rings. The second-order valence-electron chi connectivity index (χ2n) is 9.12. The summed E-state index contributed by atoms with van der Waals surface area (Å²) in [6.07, 6.45) is 5.24. The largest absolute Gasteiger partial charge is 0.481 e. The number of piperidine rings is 1. The summed E-state index contributed by atoms with van der Waals surface area (Å²) < 4.78 is 5.89. The molecule has 1 aliphatic heterocycles. The number of hydrogen-bond donors (Lipinski definition) is 1. The van der Waals surface area contributed by atoms with Crippen LogP contribution in [0.2, 0.25) is 0 Å². The summed E-state index contributed by atoms with van der Waals surface area (Å²) in [7, 11) is 0. The van der Waals surface area contributed by atoms with Gasteiger partial charge in [0.2, 0.25) is 0 Å². The average molecular weight is 420 g/mol. The predicted molar refractivity (Wildman–Crippen MR) is 118 cm³/mol. The maximum atomic E-state index is 13.2. The Hall–Kier alpha value is -2.82. The van der Waals surface area contributed by atoms with Gasteiger partial charge in [-0.15, -0.1) is 0 Å². The van der Waals surface area contributed by atoms with Gasteiger partial charge in [-0.3, -0.25) is 4.79 Å². The van der Waals surface area contributed by atoms with Crippen LogP contribution in [0.15, 0.2) is 48.5 Å². The summed E-state index contributed by atoms with van der Waals surface area (Å²) in [6.45, 7) is 0.861. The van der Waals surface area contributed by atoms with Crippen molar-refractivity contribution in [3.8, 4) is 11.1 Å². The number of carbonyl (C=O) groups excluding carboxylic acids is 1. The minimum atomic E-state index is -0.784. The van der Waals surface area contributed by atoms with E-state index in [0.717, 1.165) is 25.7 Å². The fourth-order valence-electron chi connectivity index (χ4n) is 6.06. The molecule has 3 aliphatic rings. The highest BCUT2D eigenvalue weighted by atomic mass is 16.6. The van der Waals surface area contributed by atoms with Gasteiger partial charge in [0.25, 0.3) is 0 Å². The number of likely N-dealkylation sites (tertiary alicyclic amines) is 1. The molecule has 1 heterocycles. The normalized spacial score (nSPS) is 23.4. The van der Waals surface area contributed by atoms with Gasteiger partial charge in [0, 0.05) is 12.5 Å². The molecule has 1 amide bonds. The number of rotatable bonds is 4. The lowest BCUT2D eigenvalue weighted by molar-refractivity contribution is -0.146. The van der Waals surface area contributed by atoms with Crippen molar-refractivity contribution in [3.63, 3.8) is 0 Å². The van der Waals surface area contributed by atoms with Crippen molar-refractivity contribution in [1.29, 1.82) is 0 Å². The highest BCUT2D eigenvalue weighted by molar-refractivity contribution is 5.79. The lowest BCUT2D eigenvalue weighted by Crippen LogP contribution is -2.54. The van der Waals surface area contributed by atoms with Crippen LogP contribution in [-0.2, 0) is 9.53 Å². The first-order chi connectivity index (χ1) is 15.1. The summed E-state index contributed by atoms with van der Waals surface area (Å²) in [5.41, 5.74) is 4.77. The Morgan fingerprint density at radius 1 is 0.903 bits per heavy atom. The number of carboxylic acid groups (broad SMARTS) is 1. The van der Waals surface area contributed by atoms with Crippen molar-refractivity contribution in [2.75, 3.05) is 13.2 Å². The van der Waals surface area contributed by atoms with E-state index in [1.165, 1.54) is 22.3 Å². The van der Waals surface area contributed by atoms with Gasteiger partial charge in [0.15, 0.2) is 0 Å². The first kappa shape index (κ1) is 20.1. The molecule has 2 aromatic carbocycles. The number of carbonyl (C=O) groups is 2. The molecule has 5 rings (SSSR count). The van der Waals surface area contributed by atoms with E-state index < -0.39 is 11.9 Å². The molecule has 1 N–H and O–H groups in total. The summed E-state index contributed by atoms with van der Waals surface area (Å²) in [5, 5.41) is 9.81. The summed E-state index contributed by atoms with van der Waals surface area (Å²) in [4.78, 5) is 26.9. The number of benzene rings is 2. The molecular weight excluding hydrogens is 390 g/mol. The van der Waals surface area contributed by atoms with Crippen molar-refractivity contribution >= 4 is 12.1 Å². The predicted octanol–water partition coefficient (Wildman–Crippen LogP) is 5.29. The minimum absolute atomic E-state index is 0.0151. The molecule has 2 atom stereocenters. The number of carboxylic acids is 1. The van der Waals surface area contributed by atoms with E-state index >= 15 is 0 Å². The number of nitrogens with zero attached hydrogens (tertiary/aromatic N) is 1. The number of amides is 1. The lowest BCUT2D eigenvalue weighted by atomic mass is 9.80. The van der Waals surface area contributed by atoms with E-state index in [-0.39, 0.29) is 30.6 Å². The van der Waals surface area contributed by atoms with Gasteiger partial charge >= 0.3 is 12.1 Å². The molecule has 0 bridgehead atoms. The lowest BCUT2D eigenvalue weighted by Gasteiger charge is -2.42. The number of aliphatic carboxylic acids is 1. The highest BCUT2D eigenvalue weighted by Crippen LogP contribution is 2.45. The Kier molecular flexibility index (Phi) is 5.43. The molecule has 31 heavy (non-hydrogen) atoms. The summed E-state index contributed by atoms with van der Waals surface area (Å²) >= 11 is 0. The molecule has 2 fully saturated rings. The van der Waals surface area contributed by atoms with Crippen molar-refractivity contribution in [3.05, 3.63) is 59.7 Å². The maximum Gasteiger partial charge on any atom is 0.410 e. The van der Waals surface area contributed by atoms with Crippen LogP contribution in [0.25, 0.3) is 11.1 Å². The Labute approximate surface area is 183 Å². The van der Waals surface area contributed by atoms with E-state index in [1.807, 2.05) is 24.3 Å².